The van der Waals surface area contributed by atoms with Crippen molar-refractivity contribution in [3.8, 4) is 28.6 Å². The van der Waals surface area contributed by atoms with Crippen LogP contribution in [0.15, 0.2) is 83.1 Å². The summed E-state index contributed by atoms with van der Waals surface area (Å²) in [6.07, 6.45) is 1.52. The smallest absolute Gasteiger partial charge is 0.342 e. The van der Waals surface area contributed by atoms with E-state index in [1.165, 1.54) is 18.0 Å². The van der Waals surface area contributed by atoms with Gasteiger partial charge < -0.3 is 9.84 Å². The second-order valence-electron chi connectivity index (χ2n) is 7.43. The average Bonchev–Trinajstić information content (AvgIpc) is 3.28. The molecular weight excluding hydrogens is 450 g/mol. The fourth-order valence-electron chi connectivity index (χ4n) is 3.17. The third kappa shape index (κ3) is 5.62. The summed E-state index contributed by atoms with van der Waals surface area (Å²) in [5.74, 6) is 1.60. The van der Waals surface area contributed by atoms with Crippen LogP contribution in [0.5, 0.6) is 11.5 Å². The number of aromatic nitrogens is 3. The van der Waals surface area contributed by atoms with Gasteiger partial charge in [-0.2, -0.15) is 9.67 Å². The number of ether oxygens (including phenoxy) is 1. The van der Waals surface area contributed by atoms with Crippen LogP contribution in [0.2, 0.25) is 0 Å². The monoisotopic (exact) mass is 474 g/mol. The van der Waals surface area contributed by atoms with Gasteiger partial charge in [-0.3, -0.25) is 4.79 Å². The van der Waals surface area contributed by atoms with Gasteiger partial charge in [-0.15, -0.1) is 5.10 Å². The lowest BCUT2D eigenvalue weighted by molar-refractivity contribution is -0.625. The van der Waals surface area contributed by atoms with E-state index in [0.717, 1.165) is 34.0 Å². The van der Waals surface area contributed by atoms with Crippen LogP contribution >= 0.6 is 11.8 Å². The minimum Gasteiger partial charge on any atom is -0.508 e. The molecule has 0 aliphatic heterocycles. The zero-order chi connectivity index (χ0) is 23.9. The molecule has 8 nitrogen and oxygen atoms in total. The number of rotatable bonds is 8. The number of aryl methyl sites for hydroxylation is 1. The molecule has 0 spiro atoms. The number of phenols is 1. The SMILES string of the molecule is COc1ccc(-c2[nH]nc(SCC(=O)N/N=C/c3ccc(O)cc3)[n+]2-c2ccc(C)cc2)cc1. The molecule has 0 bridgehead atoms. The first kappa shape index (κ1) is 23.1. The predicted octanol–water partition coefficient (Wildman–Crippen LogP) is 3.62. The summed E-state index contributed by atoms with van der Waals surface area (Å²) in [4.78, 5) is 12.4. The van der Waals surface area contributed by atoms with Crippen LogP contribution in [-0.2, 0) is 4.79 Å². The number of nitrogens with one attached hydrogen (secondary N) is 2. The van der Waals surface area contributed by atoms with Crippen LogP contribution < -0.4 is 14.7 Å². The molecule has 1 heterocycles. The van der Waals surface area contributed by atoms with Gasteiger partial charge in [-0.25, -0.2) is 5.43 Å². The van der Waals surface area contributed by atoms with E-state index in [4.69, 9.17) is 4.74 Å². The lowest BCUT2D eigenvalue weighted by Gasteiger charge is -2.05. The molecule has 4 aromatic rings. The number of phenolic OH excluding ortho intramolecular Hbond substituents is 1. The van der Waals surface area contributed by atoms with Gasteiger partial charge in [-0.05, 0) is 84.9 Å². The molecule has 3 aromatic carbocycles. The van der Waals surface area contributed by atoms with E-state index >= 15 is 0 Å². The Morgan fingerprint density at radius 2 is 1.82 bits per heavy atom. The number of aromatic hydroxyl groups is 1. The topological polar surface area (TPSA) is 103 Å². The van der Waals surface area contributed by atoms with Crippen molar-refractivity contribution in [1.29, 1.82) is 0 Å². The predicted molar refractivity (Wildman–Crippen MR) is 131 cm³/mol. The van der Waals surface area contributed by atoms with Gasteiger partial charge in [0, 0.05) is 0 Å². The molecule has 0 atom stereocenters. The van der Waals surface area contributed by atoms with E-state index < -0.39 is 0 Å². The lowest BCUT2D eigenvalue weighted by Crippen LogP contribution is -2.34. The fraction of sp³-hybridized carbons (Fsp3) is 0.120. The normalized spacial score (nSPS) is 11.0. The van der Waals surface area contributed by atoms with Crippen molar-refractivity contribution in [3.05, 3.63) is 83.9 Å². The number of benzene rings is 3. The lowest BCUT2D eigenvalue weighted by atomic mass is 10.2. The summed E-state index contributed by atoms with van der Waals surface area (Å²) in [6.45, 7) is 2.03. The number of hydrogen-bond donors (Lipinski definition) is 3. The standard InChI is InChI=1S/C25H23N5O3S/c1-17-3-9-20(10-4-17)30-24(19-7-13-22(33-2)14-8-19)28-29-25(30)34-16-23(32)27-26-15-18-5-11-21(31)12-6-18/h3-15H,16H2,1-2H3,(H2,26,27,31,32)/p+1. The van der Waals surface area contributed by atoms with Crippen molar-refractivity contribution >= 4 is 23.9 Å². The molecule has 0 saturated heterocycles. The second kappa shape index (κ2) is 10.7. The molecule has 0 radical (unpaired) electrons. The Morgan fingerprint density at radius 3 is 2.50 bits per heavy atom. The number of methoxy groups -OCH3 is 1. The van der Waals surface area contributed by atoms with Crippen molar-refractivity contribution in [1.82, 2.24) is 15.6 Å². The Labute approximate surface area is 201 Å². The summed E-state index contributed by atoms with van der Waals surface area (Å²) >= 11 is 1.30. The molecule has 0 unspecified atom stereocenters. The molecule has 9 heteroatoms. The minimum atomic E-state index is -0.260. The third-order valence-corrected chi connectivity index (χ3v) is 5.89. The van der Waals surface area contributed by atoms with Crippen molar-refractivity contribution in [2.24, 2.45) is 5.10 Å². The number of aromatic amines is 1. The number of amides is 1. The summed E-state index contributed by atoms with van der Waals surface area (Å²) in [5, 5.41) is 21.5. The number of carbonyl (C=O) groups excluding carboxylic acids is 1. The van der Waals surface area contributed by atoms with Crippen LogP contribution in [-0.4, -0.2) is 40.3 Å². The van der Waals surface area contributed by atoms with Crippen LogP contribution in [0.4, 0.5) is 0 Å². The van der Waals surface area contributed by atoms with Gasteiger partial charge >= 0.3 is 5.16 Å². The maximum absolute atomic E-state index is 12.4. The quantitative estimate of drug-likeness (QED) is 0.157. The molecule has 0 fully saturated rings. The van der Waals surface area contributed by atoms with E-state index in [2.05, 4.69) is 20.7 Å². The number of carbonyl (C=O) groups is 1. The maximum atomic E-state index is 12.4. The average molecular weight is 475 g/mol. The van der Waals surface area contributed by atoms with Crippen LogP contribution in [0.25, 0.3) is 17.1 Å². The fourth-order valence-corrected chi connectivity index (χ4v) is 3.93. The molecular formula is C25H24N5O3S+. The van der Waals surface area contributed by atoms with Gasteiger partial charge in [-0.1, -0.05) is 17.7 Å². The van der Waals surface area contributed by atoms with Crippen LogP contribution in [0.1, 0.15) is 11.1 Å². The van der Waals surface area contributed by atoms with E-state index in [-0.39, 0.29) is 17.4 Å². The van der Waals surface area contributed by atoms with Crippen LogP contribution in [0.3, 0.4) is 0 Å². The van der Waals surface area contributed by atoms with Gasteiger partial charge in [0.25, 0.3) is 11.7 Å². The van der Waals surface area contributed by atoms with Crippen molar-refractivity contribution < 1.29 is 19.2 Å². The first-order chi connectivity index (χ1) is 16.5. The van der Waals surface area contributed by atoms with Crippen molar-refractivity contribution in [2.75, 3.05) is 12.9 Å². The van der Waals surface area contributed by atoms with Gasteiger partial charge in [0.15, 0.2) is 0 Å². The van der Waals surface area contributed by atoms with Gasteiger partial charge in [0.2, 0.25) is 0 Å². The molecule has 0 aliphatic carbocycles. The Kier molecular flexibility index (Phi) is 7.24. The Hall–Kier alpha value is -4.11. The number of hydrazone groups is 1. The number of H-pyrrole nitrogens is 1. The summed E-state index contributed by atoms with van der Waals surface area (Å²) in [7, 11) is 1.63. The third-order valence-electron chi connectivity index (χ3n) is 4.96. The maximum Gasteiger partial charge on any atom is 0.342 e. The summed E-state index contributed by atoms with van der Waals surface area (Å²) in [6, 6.07) is 22.3. The molecule has 0 saturated carbocycles. The highest BCUT2D eigenvalue weighted by molar-refractivity contribution is 7.99. The first-order valence-corrected chi connectivity index (χ1v) is 11.5. The van der Waals surface area contributed by atoms with E-state index in [1.807, 2.05) is 60.0 Å². The molecule has 0 aliphatic rings. The van der Waals surface area contributed by atoms with E-state index in [9.17, 15) is 9.90 Å². The van der Waals surface area contributed by atoms with Crippen molar-refractivity contribution in [2.45, 2.75) is 12.1 Å². The van der Waals surface area contributed by atoms with Gasteiger partial charge in [0.1, 0.15) is 17.2 Å². The van der Waals surface area contributed by atoms with E-state index in [0.29, 0.717) is 5.16 Å². The summed E-state index contributed by atoms with van der Waals surface area (Å²) in [5.41, 5.74) is 6.30. The zero-order valence-corrected chi connectivity index (χ0v) is 19.5. The highest BCUT2D eigenvalue weighted by Gasteiger charge is 2.24. The number of hydrogen-bond acceptors (Lipinski definition) is 6. The number of nitrogens with zero attached hydrogens (tertiary/aromatic N) is 3. The molecule has 4 rings (SSSR count). The highest BCUT2D eigenvalue weighted by Crippen LogP contribution is 2.22. The molecule has 34 heavy (non-hydrogen) atoms. The van der Waals surface area contributed by atoms with Crippen molar-refractivity contribution in [3.63, 3.8) is 0 Å². The van der Waals surface area contributed by atoms with E-state index in [1.54, 1.807) is 31.4 Å². The highest BCUT2D eigenvalue weighted by atomic mass is 32.2. The second-order valence-corrected chi connectivity index (χ2v) is 8.37. The molecule has 3 N–H and O–H groups in total. The summed E-state index contributed by atoms with van der Waals surface area (Å²) < 4.78 is 7.25. The van der Waals surface area contributed by atoms with Crippen LogP contribution in [0, 0.1) is 6.92 Å². The molecule has 172 valence electrons. The Bertz CT molecular complexity index is 1280. The Morgan fingerprint density at radius 1 is 1.12 bits per heavy atom. The molecule has 1 aromatic heterocycles. The zero-order valence-electron chi connectivity index (χ0n) is 18.7. The Balaban J connectivity index is 1.51. The molecule has 1 amide bonds. The largest absolute Gasteiger partial charge is 0.508 e. The van der Waals surface area contributed by atoms with Gasteiger partial charge in [0.05, 0.1) is 29.7 Å². The first-order valence-electron chi connectivity index (χ1n) is 10.5. The number of thioether (sulfide) groups is 1. The minimum absolute atomic E-state index is 0.131.